The minimum atomic E-state index is -0.181. The van der Waals surface area contributed by atoms with Crippen LogP contribution in [0.4, 0.5) is 0 Å². The number of ketones is 2. The van der Waals surface area contributed by atoms with Crippen LogP contribution in [0.1, 0.15) is 35.1 Å². The predicted octanol–water partition coefficient (Wildman–Crippen LogP) is 2.44. The monoisotopic (exact) mass is 282 g/mol. The number of aromatic nitrogens is 4. The van der Waals surface area contributed by atoms with Crippen LogP contribution in [-0.4, -0.2) is 31.7 Å². The van der Waals surface area contributed by atoms with E-state index in [4.69, 9.17) is 0 Å². The zero-order valence-electron chi connectivity index (χ0n) is 11.1. The summed E-state index contributed by atoms with van der Waals surface area (Å²) >= 11 is 0. The molecule has 0 aliphatic rings. The van der Waals surface area contributed by atoms with Crippen molar-refractivity contribution >= 4 is 22.6 Å². The van der Waals surface area contributed by atoms with Crippen LogP contribution in [0, 0.1) is 0 Å². The van der Waals surface area contributed by atoms with E-state index in [0.29, 0.717) is 5.56 Å². The van der Waals surface area contributed by atoms with E-state index >= 15 is 0 Å². The molecule has 1 N–H and O–H groups in total. The Bertz CT molecular complexity index is 801. The average molecular weight is 282 g/mol. The fourth-order valence-corrected chi connectivity index (χ4v) is 2.06. The Kier molecular flexibility index (Phi) is 3.51. The second-order valence-corrected chi connectivity index (χ2v) is 4.59. The minimum Gasteiger partial charge on any atom is -0.345 e. The van der Waals surface area contributed by atoms with E-state index in [2.05, 4.69) is 20.2 Å². The number of benzene rings is 1. The van der Waals surface area contributed by atoms with E-state index in [1.807, 2.05) is 0 Å². The Morgan fingerprint density at radius 3 is 2.81 bits per heavy atom. The summed E-state index contributed by atoms with van der Waals surface area (Å²) in [7, 11) is 0. The first kappa shape index (κ1) is 13.1. The number of nitrogens with one attached hydrogen (secondary N) is 1. The van der Waals surface area contributed by atoms with Gasteiger partial charge in [-0.3, -0.25) is 9.59 Å². The number of Topliss-reactive ketones (excluding diaryl/α,β-unsaturated/α-hetero) is 2. The van der Waals surface area contributed by atoms with Crippen LogP contribution in [-0.2, 0) is 0 Å². The molecule has 3 rings (SSSR count). The number of fused-ring (bicyclic) bond motifs is 1. The third kappa shape index (κ3) is 2.84. The molecule has 0 bridgehead atoms. The molecule has 0 fully saturated rings. The summed E-state index contributed by atoms with van der Waals surface area (Å²) < 4.78 is 0. The smallest absolute Gasteiger partial charge is 0.183 e. The molecular weight excluding hydrogens is 268 g/mol. The van der Waals surface area contributed by atoms with Crippen LogP contribution in [0.25, 0.3) is 11.0 Å². The second-order valence-electron chi connectivity index (χ2n) is 4.59. The lowest BCUT2D eigenvalue weighted by Crippen LogP contribution is -2.07. The van der Waals surface area contributed by atoms with Gasteiger partial charge in [0, 0.05) is 26.0 Å². The van der Waals surface area contributed by atoms with Gasteiger partial charge < -0.3 is 4.98 Å². The summed E-state index contributed by atoms with van der Waals surface area (Å²) in [6.07, 6.45) is 3.35. The lowest BCUT2D eigenvalue weighted by atomic mass is 10.0. The van der Waals surface area contributed by atoms with Crippen molar-refractivity contribution in [1.29, 1.82) is 0 Å². The third-order valence-corrected chi connectivity index (χ3v) is 3.18. The molecule has 2 aromatic heterocycles. The zero-order valence-corrected chi connectivity index (χ0v) is 11.1. The van der Waals surface area contributed by atoms with E-state index in [1.165, 1.54) is 6.20 Å². The van der Waals surface area contributed by atoms with Gasteiger partial charge >= 0.3 is 0 Å². The van der Waals surface area contributed by atoms with Crippen molar-refractivity contribution in [3.63, 3.8) is 0 Å². The zero-order chi connectivity index (χ0) is 14.7. The predicted molar refractivity (Wildman–Crippen MR) is 78.1 cm³/mol. The molecule has 0 spiro atoms. The lowest BCUT2D eigenvalue weighted by Gasteiger charge is -2.01. The molecule has 0 aliphatic carbocycles. The Morgan fingerprint density at radius 2 is 2.00 bits per heavy atom. The van der Waals surface area contributed by atoms with E-state index in [-0.39, 0.29) is 31.5 Å². The molecule has 3 aromatic rings. The van der Waals surface area contributed by atoms with Gasteiger partial charge in [-0.15, -0.1) is 5.10 Å². The first-order valence-corrected chi connectivity index (χ1v) is 6.51. The maximum atomic E-state index is 12.1. The molecule has 0 radical (unpaired) electrons. The Hall–Kier alpha value is -2.89. The molecular formula is C15H14N4O2. The number of rotatable bonds is 5. The number of H-pyrrole nitrogens is 1. The van der Waals surface area contributed by atoms with Gasteiger partial charge in [0.15, 0.2) is 11.6 Å². The summed E-state index contributed by atoms with van der Waals surface area (Å²) in [6.45, 7) is 0. The highest BCUT2D eigenvalue weighted by molar-refractivity contribution is 6.02. The molecule has 0 amide bonds. The molecule has 0 aliphatic heterocycles. The molecule has 0 unspecified atom stereocenters. The van der Waals surface area contributed by atoms with Crippen molar-refractivity contribution in [1.82, 2.24) is 20.2 Å². The van der Waals surface area contributed by atoms with Crippen molar-refractivity contribution in [2.45, 2.75) is 12.8 Å². The molecule has 2 heterocycles. The molecule has 106 valence electrons. The fourth-order valence-electron chi connectivity index (χ4n) is 2.06. The second kappa shape index (κ2) is 5.62. The fraction of sp³-hybridized carbons (Fsp3) is 0.133. The first-order chi connectivity index (χ1) is 10.2. The molecule has 0 atom stereocenters. The van der Waals surface area contributed by atoms with Gasteiger partial charge in [0.05, 0.1) is 17.4 Å². The van der Waals surface area contributed by atoms with Crippen LogP contribution >= 0.6 is 0 Å². The van der Waals surface area contributed by atoms with Gasteiger partial charge in [0.2, 0.25) is 0 Å². The summed E-state index contributed by atoms with van der Waals surface area (Å²) in [4.78, 5) is 31.1. The highest BCUT2D eigenvalue weighted by atomic mass is 16.1. The minimum absolute atomic E-state index is 0. The van der Waals surface area contributed by atoms with Crippen molar-refractivity contribution in [2.24, 2.45) is 0 Å². The van der Waals surface area contributed by atoms with Gasteiger partial charge in [-0.25, -0.2) is 4.98 Å². The quantitative estimate of drug-likeness (QED) is 0.726. The maximum Gasteiger partial charge on any atom is 0.183 e. The number of carbonyl (C=O) groups is 2. The summed E-state index contributed by atoms with van der Waals surface area (Å²) in [5.74, 6) is -0.261. The first-order valence-electron chi connectivity index (χ1n) is 6.51. The molecule has 0 saturated carbocycles. The number of hydrogen-bond donors (Lipinski definition) is 1. The van der Waals surface area contributed by atoms with Crippen molar-refractivity contribution in [3.05, 3.63) is 54.1 Å². The number of carbonyl (C=O) groups excluding carboxylic acids is 2. The maximum absolute atomic E-state index is 12.1. The highest BCUT2D eigenvalue weighted by Gasteiger charge is 2.12. The SMILES string of the molecule is O=C(CCC(=O)c1cccnn1)c1ccc2nc[nH]c2c1.[HH]. The largest absolute Gasteiger partial charge is 0.345 e. The van der Waals surface area contributed by atoms with Crippen LogP contribution in [0.3, 0.4) is 0 Å². The van der Waals surface area contributed by atoms with E-state index in [0.717, 1.165) is 11.0 Å². The molecule has 6 nitrogen and oxygen atoms in total. The van der Waals surface area contributed by atoms with Crippen molar-refractivity contribution < 1.29 is 11.0 Å². The molecule has 0 saturated heterocycles. The number of hydrogen-bond acceptors (Lipinski definition) is 5. The van der Waals surface area contributed by atoms with Crippen LogP contribution in [0.15, 0.2) is 42.9 Å². The van der Waals surface area contributed by atoms with Gasteiger partial charge in [0.1, 0.15) is 5.69 Å². The van der Waals surface area contributed by atoms with Crippen molar-refractivity contribution in [2.75, 3.05) is 0 Å². The molecule has 6 heteroatoms. The Labute approximate surface area is 121 Å². The van der Waals surface area contributed by atoms with E-state index in [9.17, 15) is 9.59 Å². The van der Waals surface area contributed by atoms with Gasteiger partial charge in [0.25, 0.3) is 0 Å². The Balaban J connectivity index is 0.00000176. The van der Waals surface area contributed by atoms with Gasteiger partial charge in [-0.1, -0.05) is 0 Å². The van der Waals surface area contributed by atoms with Crippen molar-refractivity contribution in [3.8, 4) is 0 Å². The van der Waals surface area contributed by atoms with Crippen LogP contribution < -0.4 is 0 Å². The Morgan fingerprint density at radius 1 is 1.14 bits per heavy atom. The topological polar surface area (TPSA) is 88.6 Å². The van der Waals surface area contributed by atoms with Gasteiger partial charge in [-0.2, -0.15) is 5.10 Å². The number of aromatic amines is 1. The third-order valence-electron chi connectivity index (χ3n) is 3.18. The number of nitrogens with zero attached hydrogens (tertiary/aromatic N) is 3. The summed E-state index contributed by atoms with van der Waals surface area (Å²) in [5, 5.41) is 7.39. The number of imidazole rings is 1. The standard InChI is InChI=1S/C15H12N4O2.H2/c20-14(5-6-15(21)12-2-1-7-18-19-12)10-3-4-11-13(8-10)17-9-16-11;/h1-4,7-9H,5-6H2,(H,16,17);1H. The summed E-state index contributed by atoms with van der Waals surface area (Å²) in [5.41, 5.74) is 2.47. The summed E-state index contributed by atoms with van der Waals surface area (Å²) in [6, 6.07) is 8.49. The van der Waals surface area contributed by atoms with E-state index in [1.54, 1.807) is 36.7 Å². The normalized spacial score (nSPS) is 10.7. The van der Waals surface area contributed by atoms with Gasteiger partial charge in [-0.05, 0) is 30.3 Å². The lowest BCUT2D eigenvalue weighted by molar-refractivity contribution is 0.0914. The van der Waals surface area contributed by atoms with Crippen LogP contribution in [0.5, 0.6) is 0 Å². The van der Waals surface area contributed by atoms with E-state index < -0.39 is 0 Å². The molecule has 21 heavy (non-hydrogen) atoms. The molecule has 1 aromatic carbocycles. The average Bonchev–Trinajstić information content (AvgIpc) is 3.00. The highest BCUT2D eigenvalue weighted by Crippen LogP contribution is 2.14. The van der Waals surface area contributed by atoms with Crippen LogP contribution in [0.2, 0.25) is 0 Å².